The molecular weight excluding hydrogens is 288 g/mol. The summed E-state index contributed by atoms with van der Waals surface area (Å²) in [6.45, 7) is 3.86. The Bertz CT molecular complexity index is 777. The van der Waals surface area contributed by atoms with Crippen LogP contribution in [0.25, 0.3) is 5.69 Å². The number of nitrogens with zero attached hydrogens (tertiary/aromatic N) is 3. The highest BCUT2D eigenvalue weighted by molar-refractivity contribution is 5.94. The molecule has 0 spiro atoms. The highest BCUT2D eigenvalue weighted by Gasteiger charge is 2.11. The van der Waals surface area contributed by atoms with Crippen LogP contribution >= 0.6 is 0 Å². The van der Waals surface area contributed by atoms with E-state index in [9.17, 15) is 4.79 Å². The lowest BCUT2D eigenvalue weighted by Crippen LogP contribution is -2.26. The first-order chi connectivity index (χ1) is 11.1. The van der Waals surface area contributed by atoms with E-state index in [1.165, 1.54) is 0 Å². The van der Waals surface area contributed by atoms with Crippen molar-refractivity contribution >= 4 is 5.91 Å². The maximum absolute atomic E-state index is 12.2. The summed E-state index contributed by atoms with van der Waals surface area (Å²) >= 11 is 0. The molecule has 5 heteroatoms. The van der Waals surface area contributed by atoms with E-state index >= 15 is 0 Å². The Labute approximate surface area is 135 Å². The Balaban J connectivity index is 1.69. The second-order valence-electron chi connectivity index (χ2n) is 5.44. The lowest BCUT2D eigenvalue weighted by Gasteiger charge is -2.15. The summed E-state index contributed by atoms with van der Waals surface area (Å²) in [5, 5.41) is 2.99. The Hall–Kier alpha value is -2.95. The molecule has 1 unspecified atom stereocenters. The number of rotatable bonds is 4. The van der Waals surface area contributed by atoms with Gasteiger partial charge in [-0.05, 0) is 43.7 Å². The number of carbonyl (C=O) groups is 1. The van der Waals surface area contributed by atoms with Crippen molar-refractivity contribution < 1.29 is 4.79 Å². The first-order valence-corrected chi connectivity index (χ1v) is 7.45. The zero-order valence-corrected chi connectivity index (χ0v) is 13.1. The molecule has 2 aromatic heterocycles. The molecule has 0 saturated carbocycles. The van der Waals surface area contributed by atoms with E-state index in [-0.39, 0.29) is 11.9 Å². The summed E-state index contributed by atoms with van der Waals surface area (Å²) in [5.74, 6) is -0.122. The quantitative estimate of drug-likeness (QED) is 0.806. The van der Waals surface area contributed by atoms with E-state index in [1.807, 2.05) is 54.9 Å². The van der Waals surface area contributed by atoms with Crippen LogP contribution in [-0.2, 0) is 0 Å². The van der Waals surface area contributed by atoms with Gasteiger partial charge in [-0.25, -0.2) is 4.98 Å². The average Bonchev–Trinajstić information content (AvgIpc) is 3.10. The van der Waals surface area contributed by atoms with Gasteiger partial charge in [0, 0.05) is 30.0 Å². The van der Waals surface area contributed by atoms with Crippen LogP contribution in [0.1, 0.15) is 34.6 Å². The van der Waals surface area contributed by atoms with Gasteiger partial charge in [0.1, 0.15) is 0 Å². The standard InChI is InChI=1S/C18H18N4O/c1-13-3-4-16(11-20-13)18(23)21-14(2)15-5-7-17(8-6-15)22-10-9-19-12-22/h3-12,14H,1-2H3,(H,21,23). The summed E-state index contributed by atoms with van der Waals surface area (Å²) in [5.41, 5.74) is 3.54. The van der Waals surface area contributed by atoms with Gasteiger partial charge in [0.15, 0.2) is 0 Å². The monoisotopic (exact) mass is 306 g/mol. The van der Waals surface area contributed by atoms with Crippen molar-refractivity contribution in [3.8, 4) is 5.69 Å². The van der Waals surface area contributed by atoms with Crippen molar-refractivity contribution in [1.82, 2.24) is 19.9 Å². The van der Waals surface area contributed by atoms with Gasteiger partial charge in [0.2, 0.25) is 0 Å². The molecule has 23 heavy (non-hydrogen) atoms. The third-order valence-electron chi connectivity index (χ3n) is 3.72. The minimum absolute atomic E-state index is 0.0827. The molecule has 1 aromatic carbocycles. The number of aryl methyl sites for hydroxylation is 1. The molecule has 0 bridgehead atoms. The van der Waals surface area contributed by atoms with Gasteiger partial charge < -0.3 is 9.88 Å². The number of hydrogen-bond acceptors (Lipinski definition) is 3. The number of nitrogens with one attached hydrogen (secondary N) is 1. The third-order valence-corrected chi connectivity index (χ3v) is 3.72. The molecule has 0 aliphatic heterocycles. The highest BCUT2D eigenvalue weighted by atomic mass is 16.1. The molecule has 1 N–H and O–H groups in total. The van der Waals surface area contributed by atoms with Crippen LogP contribution in [0.4, 0.5) is 0 Å². The second kappa shape index (κ2) is 6.44. The lowest BCUT2D eigenvalue weighted by molar-refractivity contribution is 0.0939. The predicted molar refractivity (Wildman–Crippen MR) is 88.4 cm³/mol. The molecule has 5 nitrogen and oxygen atoms in total. The van der Waals surface area contributed by atoms with Crippen molar-refractivity contribution in [2.24, 2.45) is 0 Å². The first kappa shape index (κ1) is 15.0. The molecule has 3 aromatic rings. The van der Waals surface area contributed by atoms with E-state index in [0.717, 1.165) is 16.9 Å². The molecule has 3 rings (SSSR count). The zero-order chi connectivity index (χ0) is 16.2. The van der Waals surface area contributed by atoms with Crippen LogP contribution < -0.4 is 5.32 Å². The topological polar surface area (TPSA) is 59.8 Å². The van der Waals surface area contributed by atoms with Gasteiger partial charge >= 0.3 is 0 Å². The molecule has 0 saturated heterocycles. The van der Waals surface area contributed by atoms with E-state index in [1.54, 1.807) is 24.8 Å². The van der Waals surface area contributed by atoms with Crippen LogP contribution in [-0.4, -0.2) is 20.4 Å². The van der Waals surface area contributed by atoms with Crippen LogP contribution in [0.3, 0.4) is 0 Å². The SMILES string of the molecule is Cc1ccc(C(=O)NC(C)c2ccc(-n3ccnc3)cc2)cn1. The Morgan fingerprint density at radius 2 is 1.96 bits per heavy atom. The van der Waals surface area contributed by atoms with Crippen molar-refractivity contribution in [2.75, 3.05) is 0 Å². The molecule has 116 valence electrons. The largest absolute Gasteiger partial charge is 0.345 e. The second-order valence-corrected chi connectivity index (χ2v) is 5.44. The van der Waals surface area contributed by atoms with Gasteiger partial charge in [-0.3, -0.25) is 9.78 Å². The van der Waals surface area contributed by atoms with Crippen LogP contribution in [0.15, 0.2) is 61.3 Å². The summed E-state index contributed by atoms with van der Waals surface area (Å²) in [4.78, 5) is 20.4. The number of benzene rings is 1. The predicted octanol–water partition coefficient (Wildman–Crippen LogP) is 3.07. The van der Waals surface area contributed by atoms with E-state index in [2.05, 4.69) is 15.3 Å². The summed E-state index contributed by atoms with van der Waals surface area (Å²) < 4.78 is 1.94. The highest BCUT2D eigenvalue weighted by Crippen LogP contribution is 2.16. The molecule has 0 fully saturated rings. The molecular formula is C18H18N4O. The molecule has 0 aliphatic carbocycles. The van der Waals surface area contributed by atoms with E-state index in [4.69, 9.17) is 0 Å². The third kappa shape index (κ3) is 3.45. The number of aromatic nitrogens is 3. The fourth-order valence-corrected chi connectivity index (χ4v) is 2.31. The number of carbonyl (C=O) groups excluding carboxylic acids is 1. The summed E-state index contributed by atoms with van der Waals surface area (Å²) in [6, 6.07) is 11.6. The average molecular weight is 306 g/mol. The molecule has 0 aliphatic rings. The van der Waals surface area contributed by atoms with Crippen molar-refractivity contribution in [3.63, 3.8) is 0 Å². The fraction of sp³-hybridized carbons (Fsp3) is 0.167. The molecule has 1 atom stereocenters. The number of imidazole rings is 1. The van der Waals surface area contributed by atoms with E-state index < -0.39 is 0 Å². The first-order valence-electron chi connectivity index (χ1n) is 7.45. The van der Waals surface area contributed by atoms with E-state index in [0.29, 0.717) is 5.56 Å². The molecule has 0 radical (unpaired) electrons. The number of pyridine rings is 1. The minimum atomic E-state index is -0.122. The zero-order valence-electron chi connectivity index (χ0n) is 13.1. The minimum Gasteiger partial charge on any atom is -0.345 e. The lowest BCUT2D eigenvalue weighted by atomic mass is 10.1. The number of hydrogen-bond donors (Lipinski definition) is 1. The Kier molecular flexibility index (Phi) is 4.19. The summed E-state index contributed by atoms with van der Waals surface area (Å²) in [6.07, 6.45) is 6.99. The smallest absolute Gasteiger partial charge is 0.253 e. The van der Waals surface area contributed by atoms with Crippen LogP contribution in [0.5, 0.6) is 0 Å². The normalized spacial score (nSPS) is 11.9. The molecule has 1 amide bonds. The van der Waals surface area contributed by atoms with Gasteiger partial charge in [0.25, 0.3) is 5.91 Å². The molecule has 2 heterocycles. The van der Waals surface area contributed by atoms with Crippen molar-refractivity contribution in [1.29, 1.82) is 0 Å². The maximum Gasteiger partial charge on any atom is 0.253 e. The number of amides is 1. The van der Waals surface area contributed by atoms with Gasteiger partial charge in [-0.2, -0.15) is 0 Å². The summed E-state index contributed by atoms with van der Waals surface area (Å²) in [7, 11) is 0. The Morgan fingerprint density at radius 1 is 1.17 bits per heavy atom. The van der Waals surface area contributed by atoms with Gasteiger partial charge in [-0.1, -0.05) is 12.1 Å². The van der Waals surface area contributed by atoms with Crippen molar-refractivity contribution in [2.45, 2.75) is 19.9 Å². The Morgan fingerprint density at radius 3 is 2.57 bits per heavy atom. The maximum atomic E-state index is 12.2. The van der Waals surface area contributed by atoms with Gasteiger partial charge in [0.05, 0.1) is 17.9 Å². The van der Waals surface area contributed by atoms with Crippen LogP contribution in [0.2, 0.25) is 0 Å². The van der Waals surface area contributed by atoms with Gasteiger partial charge in [-0.15, -0.1) is 0 Å². The van der Waals surface area contributed by atoms with Crippen LogP contribution in [0, 0.1) is 6.92 Å². The fourth-order valence-electron chi connectivity index (χ4n) is 2.31. The van der Waals surface area contributed by atoms with Crippen molar-refractivity contribution in [3.05, 3.63) is 78.1 Å².